The van der Waals surface area contributed by atoms with E-state index in [2.05, 4.69) is 15.8 Å². The molecule has 1 aliphatic rings. The quantitative estimate of drug-likeness (QED) is 0.363. The third-order valence-electron chi connectivity index (χ3n) is 1.67. The van der Waals surface area contributed by atoms with E-state index >= 15 is 0 Å². The smallest absolute Gasteiger partial charge is 0.174 e. The molecule has 0 saturated carbocycles. The summed E-state index contributed by atoms with van der Waals surface area (Å²) in [5.41, 5.74) is 9.37. The minimum Gasteiger partial charge on any atom is -0.338 e. The summed E-state index contributed by atoms with van der Waals surface area (Å²) in [5, 5.41) is 4.15. The van der Waals surface area contributed by atoms with E-state index < -0.39 is 0 Å². The minimum atomic E-state index is -0.260. The first-order valence-corrected chi connectivity index (χ1v) is 3.08. The summed E-state index contributed by atoms with van der Waals surface area (Å²) in [7, 11) is 4.03. The van der Waals surface area contributed by atoms with Gasteiger partial charge >= 0.3 is 0 Å². The molecular weight excluding hydrogens is 116 g/mol. The number of quaternary nitrogens is 1. The lowest BCUT2D eigenvalue weighted by atomic mass is 10.2. The zero-order chi connectivity index (χ0) is 7.07. The molecule has 1 aliphatic heterocycles. The van der Waals surface area contributed by atoms with Crippen LogP contribution >= 0.6 is 0 Å². The number of likely N-dealkylation sites (N-methyl/N-ethyl adjacent to an activating group) is 2. The molecule has 1 rings (SSSR count). The maximum absolute atomic E-state index is 5.76. The molecule has 0 amide bonds. The highest BCUT2D eigenvalue weighted by atomic mass is 15.6. The summed E-state index contributed by atoms with van der Waals surface area (Å²) >= 11 is 0. The van der Waals surface area contributed by atoms with Crippen LogP contribution in [0.5, 0.6) is 0 Å². The number of nitrogens with two attached hydrogens (primary N) is 1. The van der Waals surface area contributed by atoms with E-state index in [0.717, 1.165) is 13.1 Å². The molecule has 1 saturated heterocycles. The van der Waals surface area contributed by atoms with E-state index in [1.54, 1.807) is 0 Å². The van der Waals surface area contributed by atoms with Gasteiger partial charge in [0.2, 0.25) is 0 Å². The van der Waals surface area contributed by atoms with Crippen molar-refractivity contribution in [1.82, 2.24) is 10.0 Å². The van der Waals surface area contributed by atoms with Crippen molar-refractivity contribution in [2.45, 2.75) is 5.66 Å². The van der Waals surface area contributed by atoms with Crippen molar-refractivity contribution in [1.29, 1.82) is 0 Å². The molecule has 0 aromatic carbocycles. The van der Waals surface area contributed by atoms with Gasteiger partial charge in [0.25, 0.3) is 0 Å². The van der Waals surface area contributed by atoms with E-state index in [1.807, 2.05) is 14.1 Å². The van der Waals surface area contributed by atoms with E-state index in [4.69, 9.17) is 5.73 Å². The fourth-order valence-electron chi connectivity index (χ4n) is 1.20. The predicted octanol–water partition coefficient (Wildman–Crippen LogP) is -2.32. The molecule has 0 atom stereocenters. The van der Waals surface area contributed by atoms with Gasteiger partial charge in [-0.1, -0.05) is 0 Å². The molecule has 0 spiro atoms. The molecule has 0 aromatic heterocycles. The van der Waals surface area contributed by atoms with Crippen LogP contribution < -0.4 is 11.5 Å². The molecule has 54 valence electrons. The van der Waals surface area contributed by atoms with E-state index in [0.29, 0.717) is 0 Å². The van der Waals surface area contributed by atoms with Crippen molar-refractivity contribution in [2.75, 3.05) is 27.2 Å². The number of hydrazine groups is 1. The van der Waals surface area contributed by atoms with Crippen molar-refractivity contribution in [3.8, 4) is 0 Å². The summed E-state index contributed by atoms with van der Waals surface area (Å²) in [5.74, 6) is 0. The third-order valence-corrected chi connectivity index (χ3v) is 1.67. The van der Waals surface area contributed by atoms with Crippen molar-refractivity contribution in [2.24, 2.45) is 5.73 Å². The van der Waals surface area contributed by atoms with Gasteiger partial charge in [0.15, 0.2) is 5.66 Å². The van der Waals surface area contributed by atoms with Crippen LogP contribution in [0, 0.1) is 0 Å². The number of hydrogen-bond acceptors (Lipinski definition) is 3. The lowest BCUT2D eigenvalue weighted by Crippen LogP contribution is -2.81. The first-order chi connectivity index (χ1) is 4.01. The zero-order valence-electron chi connectivity index (χ0n) is 6.09. The Morgan fingerprint density at radius 1 is 1.33 bits per heavy atom. The van der Waals surface area contributed by atoms with E-state index in [1.165, 1.54) is 0 Å². The van der Waals surface area contributed by atoms with Crippen molar-refractivity contribution >= 4 is 0 Å². The number of nitrogens with zero attached hydrogens (tertiary/aromatic N) is 2. The second-order valence-corrected chi connectivity index (χ2v) is 2.99. The van der Waals surface area contributed by atoms with Crippen LogP contribution in [0.15, 0.2) is 0 Å². The molecular formula is C5H15N4+. The van der Waals surface area contributed by atoms with Gasteiger partial charge in [0.1, 0.15) is 0 Å². The van der Waals surface area contributed by atoms with Crippen LogP contribution in [-0.2, 0) is 0 Å². The Morgan fingerprint density at radius 2 is 1.67 bits per heavy atom. The largest absolute Gasteiger partial charge is 0.338 e. The molecule has 0 unspecified atom stereocenters. The second kappa shape index (κ2) is 1.91. The molecule has 9 heavy (non-hydrogen) atoms. The summed E-state index contributed by atoms with van der Waals surface area (Å²) < 4.78 is 0. The Hall–Kier alpha value is -0.160. The summed E-state index contributed by atoms with van der Waals surface area (Å²) in [6, 6.07) is 0. The Balaban J connectivity index is 2.54. The lowest BCUT2D eigenvalue weighted by Gasteiger charge is -2.15. The fourth-order valence-corrected chi connectivity index (χ4v) is 1.20. The number of hydrogen-bond donors (Lipinski definition) is 2. The van der Waals surface area contributed by atoms with Crippen LogP contribution in [0.3, 0.4) is 0 Å². The molecule has 0 radical (unpaired) electrons. The van der Waals surface area contributed by atoms with Crippen LogP contribution in [0.1, 0.15) is 0 Å². The van der Waals surface area contributed by atoms with Crippen LogP contribution in [-0.4, -0.2) is 42.9 Å². The van der Waals surface area contributed by atoms with E-state index in [9.17, 15) is 0 Å². The van der Waals surface area contributed by atoms with Crippen molar-refractivity contribution < 1.29 is 5.73 Å². The van der Waals surface area contributed by atoms with Crippen LogP contribution in [0.4, 0.5) is 0 Å². The Morgan fingerprint density at radius 3 is 1.78 bits per heavy atom. The van der Waals surface area contributed by atoms with Crippen molar-refractivity contribution in [3.05, 3.63) is 0 Å². The van der Waals surface area contributed by atoms with Gasteiger partial charge in [-0.3, -0.25) is 5.73 Å². The maximum atomic E-state index is 5.76. The monoisotopic (exact) mass is 131 g/mol. The molecule has 0 aliphatic carbocycles. The maximum Gasteiger partial charge on any atom is 0.174 e. The molecule has 1 fully saturated rings. The summed E-state index contributed by atoms with van der Waals surface area (Å²) in [6.07, 6.45) is 0. The first-order valence-electron chi connectivity index (χ1n) is 3.08. The zero-order valence-corrected chi connectivity index (χ0v) is 6.09. The molecule has 4 nitrogen and oxygen atoms in total. The highest BCUT2D eigenvalue weighted by Crippen LogP contribution is 2.06. The predicted molar refractivity (Wildman–Crippen MR) is 35.1 cm³/mol. The van der Waals surface area contributed by atoms with E-state index in [-0.39, 0.29) is 5.66 Å². The SMILES string of the molecule is CN1CC(N)([NH3+])CN1C. The first kappa shape index (κ1) is 6.95. The standard InChI is InChI=1S/C5H14N4/c1-8-3-5(6,7)4-9(8)2/h3-4,6-7H2,1-2H3/p+1. The van der Waals surface area contributed by atoms with Gasteiger partial charge in [0.05, 0.1) is 13.1 Å². The van der Waals surface area contributed by atoms with Gasteiger partial charge in [-0.2, -0.15) is 0 Å². The number of rotatable bonds is 0. The van der Waals surface area contributed by atoms with Gasteiger partial charge in [-0.15, -0.1) is 0 Å². The Kier molecular flexibility index (Phi) is 1.48. The molecule has 1 heterocycles. The molecule has 5 N–H and O–H groups in total. The molecule has 4 heteroatoms. The minimum absolute atomic E-state index is 0.260. The van der Waals surface area contributed by atoms with Gasteiger partial charge in [-0.05, 0) is 0 Å². The van der Waals surface area contributed by atoms with Gasteiger partial charge in [-0.25, -0.2) is 10.0 Å². The summed E-state index contributed by atoms with van der Waals surface area (Å²) in [4.78, 5) is 0. The normalized spacial score (nSPS) is 29.3. The molecule has 0 aromatic rings. The lowest BCUT2D eigenvalue weighted by molar-refractivity contribution is -0.467. The summed E-state index contributed by atoms with van der Waals surface area (Å²) in [6.45, 7) is 1.70. The van der Waals surface area contributed by atoms with Gasteiger partial charge in [0, 0.05) is 14.1 Å². The molecule has 0 bridgehead atoms. The Labute approximate surface area is 55.4 Å². The third kappa shape index (κ3) is 1.40. The fraction of sp³-hybridized carbons (Fsp3) is 1.00. The highest BCUT2D eigenvalue weighted by molar-refractivity contribution is 4.80. The average Bonchev–Trinajstić information content (AvgIpc) is 1.79. The van der Waals surface area contributed by atoms with Gasteiger partial charge < -0.3 is 5.73 Å². The highest BCUT2D eigenvalue weighted by Gasteiger charge is 2.35. The van der Waals surface area contributed by atoms with Crippen molar-refractivity contribution in [3.63, 3.8) is 0 Å². The average molecular weight is 131 g/mol. The van der Waals surface area contributed by atoms with Crippen LogP contribution in [0.25, 0.3) is 0 Å². The Bertz CT molecular complexity index is 99.5. The van der Waals surface area contributed by atoms with Crippen LogP contribution in [0.2, 0.25) is 0 Å². The second-order valence-electron chi connectivity index (χ2n) is 2.99. The topological polar surface area (TPSA) is 60.1 Å².